The molecule has 2 rings (SSSR count). The number of benzene rings is 1. The maximum Gasteiger partial charge on any atom is 0.307 e. The summed E-state index contributed by atoms with van der Waals surface area (Å²) in [4.78, 5) is 23.4. The summed E-state index contributed by atoms with van der Waals surface area (Å²) >= 11 is 0. The van der Waals surface area contributed by atoms with Crippen LogP contribution in [0.25, 0.3) is 0 Å². The van der Waals surface area contributed by atoms with E-state index in [-0.39, 0.29) is 11.7 Å². The van der Waals surface area contributed by atoms with Gasteiger partial charge in [-0.2, -0.15) is 0 Å². The number of amides is 1. The fourth-order valence-corrected chi connectivity index (χ4v) is 2.65. The number of halogens is 1. The first-order chi connectivity index (χ1) is 9.49. The molecule has 1 aromatic carbocycles. The molecule has 0 saturated heterocycles. The van der Waals surface area contributed by atoms with Crippen LogP contribution in [0.4, 0.5) is 10.1 Å². The number of carbonyl (C=O) groups is 2. The van der Waals surface area contributed by atoms with Gasteiger partial charge in [0, 0.05) is 5.69 Å². The number of hydrogen-bond acceptors (Lipinski definition) is 2. The molecular weight excluding hydrogens is 261 g/mol. The summed E-state index contributed by atoms with van der Waals surface area (Å²) in [5, 5.41) is 11.8. The van der Waals surface area contributed by atoms with Crippen LogP contribution in [0.5, 0.6) is 0 Å². The van der Waals surface area contributed by atoms with Gasteiger partial charge in [-0.1, -0.05) is 18.9 Å². The Labute approximate surface area is 117 Å². The van der Waals surface area contributed by atoms with Gasteiger partial charge in [0.2, 0.25) is 5.91 Å². The Kier molecular flexibility index (Phi) is 4.37. The quantitative estimate of drug-likeness (QED) is 0.894. The van der Waals surface area contributed by atoms with E-state index in [2.05, 4.69) is 5.32 Å². The Morgan fingerprint density at radius 3 is 2.50 bits per heavy atom. The van der Waals surface area contributed by atoms with Crippen LogP contribution in [0.1, 0.15) is 31.2 Å². The number of aliphatic carboxylic acids is 1. The van der Waals surface area contributed by atoms with Gasteiger partial charge in [-0.25, -0.2) is 4.39 Å². The van der Waals surface area contributed by atoms with E-state index in [4.69, 9.17) is 5.11 Å². The summed E-state index contributed by atoms with van der Waals surface area (Å²) in [5.41, 5.74) is 0.872. The standard InChI is InChI=1S/C15H18FNO3/c1-9-6-7-10(8-13(9)16)17-14(18)11-4-2-3-5-12(11)15(19)20/h6-8,11-12H,2-5H2,1H3,(H,17,18)(H,19,20)/t11-,12+/m1/s1. The highest BCUT2D eigenvalue weighted by molar-refractivity contribution is 5.95. The molecule has 1 aromatic rings. The van der Waals surface area contributed by atoms with Crippen molar-refractivity contribution in [2.24, 2.45) is 11.8 Å². The third kappa shape index (κ3) is 3.15. The fraction of sp³-hybridized carbons (Fsp3) is 0.467. The van der Waals surface area contributed by atoms with Gasteiger partial charge in [-0.05, 0) is 37.5 Å². The maximum atomic E-state index is 13.4. The van der Waals surface area contributed by atoms with E-state index in [1.807, 2.05) is 0 Å². The SMILES string of the molecule is Cc1ccc(NC(=O)[C@@H]2CCCC[C@@H]2C(=O)O)cc1F. The van der Waals surface area contributed by atoms with Gasteiger partial charge in [-0.15, -0.1) is 0 Å². The van der Waals surface area contributed by atoms with Crippen LogP contribution >= 0.6 is 0 Å². The van der Waals surface area contributed by atoms with E-state index >= 15 is 0 Å². The van der Waals surface area contributed by atoms with Crippen LogP contribution in [0, 0.1) is 24.6 Å². The van der Waals surface area contributed by atoms with Crippen LogP contribution in [0.2, 0.25) is 0 Å². The summed E-state index contributed by atoms with van der Waals surface area (Å²) in [5.74, 6) is -2.83. The lowest BCUT2D eigenvalue weighted by atomic mass is 9.78. The Balaban J connectivity index is 2.09. The van der Waals surface area contributed by atoms with E-state index in [0.717, 1.165) is 12.8 Å². The first-order valence-corrected chi connectivity index (χ1v) is 6.79. The average molecular weight is 279 g/mol. The second kappa shape index (κ2) is 6.03. The number of nitrogens with one attached hydrogen (secondary N) is 1. The molecule has 5 heteroatoms. The van der Waals surface area contributed by atoms with Gasteiger partial charge in [0.05, 0.1) is 11.8 Å². The Hall–Kier alpha value is -1.91. The van der Waals surface area contributed by atoms with E-state index < -0.39 is 17.8 Å². The van der Waals surface area contributed by atoms with Crippen LogP contribution < -0.4 is 5.32 Å². The van der Waals surface area contributed by atoms with E-state index in [9.17, 15) is 14.0 Å². The highest BCUT2D eigenvalue weighted by Crippen LogP contribution is 2.31. The molecule has 2 atom stereocenters. The van der Waals surface area contributed by atoms with Crippen molar-refractivity contribution in [1.82, 2.24) is 0 Å². The van der Waals surface area contributed by atoms with Crippen molar-refractivity contribution in [2.45, 2.75) is 32.6 Å². The second-order valence-electron chi connectivity index (χ2n) is 5.29. The second-order valence-corrected chi connectivity index (χ2v) is 5.29. The zero-order valence-electron chi connectivity index (χ0n) is 11.4. The topological polar surface area (TPSA) is 66.4 Å². The molecular formula is C15H18FNO3. The lowest BCUT2D eigenvalue weighted by Crippen LogP contribution is -2.36. The van der Waals surface area contributed by atoms with Crippen molar-refractivity contribution in [3.05, 3.63) is 29.6 Å². The van der Waals surface area contributed by atoms with Crippen LogP contribution in [-0.2, 0) is 9.59 Å². The minimum atomic E-state index is -0.931. The molecule has 108 valence electrons. The van der Waals surface area contributed by atoms with Crippen molar-refractivity contribution < 1.29 is 19.1 Å². The molecule has 0 aliphatic heterocycles. The van der Waals surface area contributed by atoms with Gasteiger partial charge >= 0.3 is 5.97 Å². The third-order valence-corrected chi connectivity index (χ3v) is 3.86. The summed E-state index contributed by atoms with van der Waals surface area (Å²) in [6.07, 6.45) is 2.77. The lowest BCUT2D eigenvalue weighted by Gasteiger charge is -2.27. The number of carbonyl (C=O) groups excluding carboxylic acids is 1. The Bertz CT molecular complexity index is 530. The van der Waals surface area contributed by atoms with Gasteiger partial charge in [-0.3, -0.25) is 9.59 Å². The van der Waals surface area contributed by atoms with Gasteiger partial charge in [0.1, 0.15) is 5.82 Å². The van der Waals surface area contributed by atoms with Gasteiger partial charge in [0.15, 0.2) is 0 Å². The molecule has 0 bridgehead atoms. The third-order valence-electron chi connectivity index (χ3n) is 3.86. The number of aryl methyl sites for hydroxylation is 1. The van der Waals surface area contributed by atoms with Crippen LogP contribution in [-0.4, -0.2) is 17.0 Å². The number of carboxylic acids is 1. The van der Waals surface area contributed by atoms with Crippen molar-refractivity contribution in [2.75, 3.05) is 5.32 Å². The Morgan fingerprint density at radius 2 is 1.90 bits per heavy atom. The number of anilines is 1. The van der Waals surface area contributed by atoms with Gasteiger partial charge in [0.25, 0.3) is 0 Å². The normalized spacial score (nSPS) is 22.3. The zero-order valence-corrected chi connectivity index (χ0v) is 11.4. The maximum absolute atomic E-state index is 13.4. The molecule has 1 aliphatic rings. The molecule has 1 saturated carbocycles. The predicted molar refractivity (Wildman–Crippen MR) is 72.9 cm³/mol. The van der Waals surface area contributed by atoms with Crippen molar-refractivity contribution in [1.29, 1.82) is 0 Å². The molecule has 0 spiro atoms. The van der Waals surface area contributed by atoms with Crippen LogP contribution in [0.3, 0.4) is 0 Å². The highest BCUT2D eigenvalue weighted by atomic mass is 19.1. The first-order valence-electron chi connectivity index (χ1n) is 6.79. The van der Waals surface area contributed by atoms with E-state index in [1.54, 1.807) is 19.1 Å². The van der Waals surface area contributed by atoms with Crippen molar-refractivity contribution >= 4 is 17.6 Å². The molecule has 0 aromatic heterocycles. The molecule has 1 aliphatic carbocycles. The van der Waals surface area contributed by atoms with E-state index in [0.29, 0.717) is 24.1 Å². The molecule has 2 N–H and O–H groups in total. The van der Waals surface area contributed by atoms with Gasteiger partial charge < -0.3 is 10.4 Å². The zero-order chi connectivity index (χ0) is 14.7. The predicted octanol–water partition coefficient (Wildman–Crippen LogP) is 2.96. The number of hydrogen-bond donors (Lipinski definition) is 2. The molecule has 0 heterocycles. The molecule has 0 radical (unpaired) electrons. The smallest absolute Gasteiger partial charge is 0.307 e. The molecule has 4 nitrogen and oxygen atoms in total. The monoisotopic (exact) mass is 279 g/mol. The van der Waals surface area contributed by atoms with E-state index in [1.165, 1.54) is 6.07 Å². The van der Waals surface area contributed by atoms with Crippen LogP contribution in [0.15, 0.2) is 18.2 Å². The highest BCUT2D eigenvalue weighted by Gasteiger charge is 2.35. The summed E-state index contributed by atoms with van der Waals surface area (Å²) in [7, 11) is 0. The molecule has 1 amide bonds. The Morgan fingerprint density at radius 1 is 1.25 bits per heavy atom. The van der Waals surface area contributed by atoms with Crippen molar-refractivity contribution in [3.8, 4) is 0 Å². The number of carboxylic acid groups (broad SMARTS) is 1. The lowest BCUT2D eigenvalue weighted by molar-refractivity contribution is -0.147. The largest absolute Gasteiger partial charge is 0.481 e. The molecule has 0 unspecified atom stereocenters. The van der Waals surface area contributed by atoms with Crippen molar-refractivity contribution in [3.63, 3.8) is 0 Å². The first kappa shape index (κ1) is 14.5. The average Bonchev–Trinajstić information content (AvgIpc) is 2.43. The minimum Gasteiger partial charge on any atom is -0.481 e. The summed E-state index contributed by atoms with van der Waals surface area (Å²) in [6, 6.07) is 4.46. The molecule has 20 heavy (non-hydrogen) atoms. The minimum absolute atomic E-state index is 0.333. The molecule has 1 fully saturated rings. The summed E-state index contributed by atoms with van der Waals surface area (Å²) < 4.78 is 13.4. The summed E-state index contributed by atoms with van der Waals surface area (Å²) in [6.45, 7) is 1.64. The number of rotatable bonds is 3. The fourth-order valence-electron chi connectivity index (χ4n) is 2.65.